The largest absolute Gasteiger partial charge is 0.466 e. The first-order valence-corrected chi connectivity index (χ1v) is 9.50. The molecule has 6 heteroatoms. The van der Waals surface area contributed by atoms with Gasteiger partial charge in [0.1, 0.15) is 0 Å². The lowest BCUT2D eigenvalue weighted by Crippen LogP contribution is -2.23. The van der Waals surface area contributed by atoms with Gasteiger partial charge in [-0.1, -0.05) is 42.5 Å². The molecule has 0 spiro atoms. The van der Waals surface area contributed by atoms with E-state index in [9.17, 15) is 20.1 Å². The van der Waals surface area contributed by atoms with E-state index in [1.54, 1.807) is 25.2 Å². The summed E-state index contributed by atoms with van der Waals surface area (Å²) in [4.78, 5) is 27.6. The molecule has 0 saturated heterocycles. The molecule has 0 N–H and O–H groups in total. The molecule has 1 aliphatic heterocycles. The third kappa shape index (κ3) is 2.47. The van der Waals surface area contributed by atoms with Crippen LogP contribution in [0.5, 0.6) is 0 Å². The first-order chi connectivity index (χ1) is 14.4. The summed E-state index contributed by atoms with van der Waals surface area (Å²) in [6.07, 6.45) is 0. The number of carbonyl (C=O) groups excluding carboxylic acids is 2. The van der Waals surface area contributed by atoms with Crippen LogP contribution in [0.15, 0.2) is 54.1 Å². The van der Waals surface area contributed by atoms with Crippen LogP contribution in [0.25, 0.3) is 5.57 Å². The second-order valence-electron chi connectivity index (χ2n) is 7.57. The number of para-hydroxylation sites is 1. The van der Waals surface area contributed by atoms with E-state index in [4.69, 9.17) is 4.74 Å². The minimum absolute atomic E-state index is 0.0932. The first-order valence-electron chi connectivity index (χ1n) is 9.50. The molecule has 2 aromatic carbocycles. The van der Waals surface area contributed by atoms with E-state index in [2.05, 4.69) is 12.1 Å². The molecule has 4 rings (SSSR count). The number of anilines is 1. The van der Waals surface area contributed by atoms with E-state index in [0.29, 0.717) is 11.3 Å². The van der Waals surface area contributed by atoms with Crippen molar-refractivity contribution in [3.05, 3.63) is 70.8 Å². The fraction of sp³-hybridized carbons (Fsp3) is 0.250. The Morgan fingerprint density at radius 1 is 1.10 bits per heavy atom. The Bertz CT molecular complexity index is 1180. The number of hydrogen-bond acceptors (Lipinski definition) is 5. The number of amides is 1. The maximum absolute atomic E-state index is 13.1. The Morgan fingerprint density at radius 3 is 2.37 bits per heavy atom. The smallest absolute Gasteiger partial charge is 0.334 e. The molecule has 2 aromatic rings. The maximum atomic E-state index is 13.1. The maximum Gasteiger partial charge on any atom is 0.334 e. The van der Waals surface area contributed by atoms with Crippen molar-refractivity contribution in [1.29, 1.82) is 10.5 Å². The van der Waals surface area contributed by atoms with Crippen LogP contribution >= 0.6 is 0 Å². The second kappa shape index (κ2) is 6.86. The van der Waals surface area contributed by atoms with E-state index in [-0.39, 0.29) is 17.1 Å². The van der Waals surface area contributed by atoms with Gasteiger partial charge < -0.3 is 9.64 Å². The number of aryl methyl sites for hydroxylation is 1. The van der Waals surface area contributed by atoms with Crippen LogP contribution < -0.4 is 4.90 Å². The van der Waals surface area contributed by atoms with Gasteiger partial charge in [0.15, 0.2) is 5.41 Å². The van der Waals surface area contributed by atoms with Crippen LogP contribution in [-0.4, -0.2) is 26.0 Å². The van der Waals surface area contributed by atoms with E-state index >= 15 is 0 Å². The van der Waals surface area contributed by atoms with Crippen molar-refractivity contribution in [2.45, 2.75) is 12.8 Å². The number of likely N-dealkylation sites (N-methyl/N-ethyl adjacent to an activating group) is 1. The quantitative estimate of drug-likeness (QED) is 0.585. The number of esters is 1. The van der Waals surface area contributed by atoms with Gasteiger partial charge in [0.25, 0.3) is 5.91 Å². The Balaban J connectivity index is 2.00. The molecule has 0 bridgehead atoms. The standard InChI is InChI=1S/C24H19N3O3/c1-14-8-4-5-9-15(14)20-21(24(20,12-25)13-26)19(23(29)30-3)18-16-10-6-7-11-17(16)27(2)22(18)28/h4-11,20-21H,1-3H3/b19-18+. The highest BCUT2D eigenvalue weighted by Gasteiger charge is 2.71. The SMILES string of the molecule is COC(=O)/C(=C1/C(=O)N(C)c2ccccc21)C1C(c2ccccc2C)C1(C#N)C#N. The summed E-state index contributed by atoms with van der Waals surface area (Å²) < 4.78 is 5.04. The molecule has 1 aliphatic carbocycles. The molecule has 1 heterocycles. The zero-order valence-corrected chi connectivity index (χ0v) is 16.8. The van der Waals surface area contributed by atoms with Gasteiger partial charge in [0, 0.05) is 24.4 Å². The number of benzene rings is 2. The summed E-state index contributed by atoms with van der Waals surface area (Å²) in [6.45, 7) is 1.90. The zero-order chi connectivity index (χ0) is 21.6. The number of methoxy groups -OCH3 is 1. The van der Waals surface area contributed by atoms with Crippen molar-refractivity contribution in [2.24, 2.45) is 11.3 Å². The number of ether oxygens (including phenoxy) is 1. The summed E-state index contributed by atoms with van der Waals surface area (Å²) in [5.41, 5.74) is 1.87. The number of nitriles is 2. The highest BCUT2D eigenvalue weighted by atomic mass is 16.5. The van der Waals surface area contributed by atoms with Crippen molar-refractivity contribution >= 4 is 23.1 Å². The fourth-order valence-electron chi connectivity index (χ4n) is 4.57. The fourth-order valence-corrected chi connectivity index (χ4v) is 4.57. The van der Waals surface area contributed by atoms with Gasteiger partial charge in [-0.05, 0) is 24.1 Å². The molecule has 6 nitrogen and oxygen atoms in total. The molecule has 2 aliphatic rings. The van der Waals surface area contributed by atoms with E-state index < -0.39 is 23.2 Å². The molecule has 1 fully saturated rings. The van der Waals surface area contributed by atoms with Crippen LogP contribution in [0, 0.1) is 40.9 Å². The minimum atomic E-state index is -1.45. The normalized spacial score (nSPS) is 22.6. The van der Waals surface area contributed by atoms with Crippen LogP contribution in [0.4, 0.5) is 5.69 Å². The molecular weight excluding hydrogens is 378 g/mol. The van der Waals surface area contributed by atoms with Gasteiger partial charge in [-0.3, -0.25) is 4.79 Å². The monoisotopic (exact) mass is 397 g/mol. The molecule has 2 unspecified atom stereocenters. The molecule has 1 saturated carbocycles. The van der Waals surface area contributed by atoms with Crippen LogP contribution in [-0.2, 0) is 14.3 Å². The number of carbonyl (C=O) groups is 2. The predicted octanol–water partition coefficient (Wildman–Crippen LogP) is 3.35. The number of rotatable bonds is 3. The van der Waals surface area contributed by atoms with Gasteiger partial charge in [0.05, 0.1) is 36.1 Å². The Labute approximate surface area is 174 Å². The summed E-state index contributed by atoms with van der Waals surface area (Å²) in [7, 11) is 2.88. The van der Waals surface area contributed by atoms with Gasteiger partial charge in [-0.15, -0.1) is 0 Å². The van der Waals surface area contributed by atoms with Gasteiger partial charge in [0.2, 0.25) is 0 Å². The lowest BCUT2D eigenvalue weighted by Gasteiger charge is -2.11. The third-order valence-corrected chi connectivity index (χ3v) is 6.14. The molecule has 0 aromatic heterocycles. The van der Waals surface area contributed by atoms with Gasteiger partial charge in [-0.25, -0.2) is 4.79 Å². The Hall–Kier alpha value is -3.90. The molecule has 30 heavy (non-hydrogen) atoms. The zero-order valence-electron chi connectivity index (χ0n) is 16.8. The number of nitrogens with zero attached hydrogens (tertiary/aromatic N) is 3. The summed E-state index contributed by atoms with van der Waals surface area (Å²) in [5.74, 6) is -2.34. The minimum Gasteiger partial charge on any atom is -0.466 e. The molecule has 0 radical (unpaired) electrons. The molecular formula is C24H19N3O3. The van der Waals surface area contributed by atoms with Gasteiger partial charge >= 0.3 is 5.97 Å². The van der Waals surface area contributed by atoms with Crippen molar-refractivity contribution < 1.29 is 14.3 Å². The van der Waals surface area contributed by atoms with E-state index in [1.165, 1.54) is 12.0 Å². The Kier molecular flexibility index (Phi) is 4.44. The molecule has 148 valence electrons. The summed E-state index contributed by atoms with van der Waals surface area (Å²) >= 11 is 0. The van der Waals surface area contributed by atoms with Crippen LogP contribution in [0.1, 0.15) is 22.6 Å². The van der Waals surface area contributed by atoms with Crippen molar-refractivity contribution in [3.8, 4) is 12.1 Å². The molecule has 2 atom stereocenters. The Morgan fingerprint density at radius 2 is 1.73 bits per heavy atom. The number of hydrogen-bond donors (Lipinski definition) is 0. The third-order valence-electron chi connectivity index (χ3n) is 6.14. The predicted molar refractivity (Wildman–Crippen MR) is 110 cm³/mol. The first kappa shape index (κ1) is 19.4. The lowest BCUT2D eigenvalue weighted by molar-refractivity contribution is -0.136. The van der Waals surface area contributed by atoms with Gasteiger partial charge in [-0.2, -0.15) is 10.5 Å². The highest BCUT2D eigenvalue weighted by Crippen LogP contribution is 2.69. The van der Waals surface area contributed by atoms with Crippen molar-refractivity contribution in [3.63, 3.8) is 0 Å². The van der Waals surface area contributed by atoms with Crippen LogP contribution in [0.2, 0.25) is 0 Å². The summed E-state index contributed by atoms with van der Waals surface area (Å²) in [5, 5.41) is 19.9. The lowest BCUT2D eigenvalue weighted by atomic mass is 9.93. The average Bonchev–Trinajstić information content (AvgIpc) is 3.36. The van der Waals surface area contributed by atoms with E-state index in [1.807, 2.05) is 37.3 Å². The average molecular weight is 397 g/mol. The highest BCUT2D eigenvalue weighted by molar-refractivity contribution is 6.36. The second-order valence-corrected chi connectivity index (χ2v) is 7.57. The number of fused-ring (bicyclic) bond motifs is 1. The van der Waals surface area contributed by atoms with E-state index in [0.717, 1.165) is 11.1 Å². The summed E-state index contributed by atoms with van der Waals surface area (Å²) in [6, 6.07) is 18.9. The van der Waals surface area contributed by atoms with Crippen molar-refractivity contribution in [2.75, 3.05) is 19.1 Å². The van der Waals surface area contributed by atoms with Crippen molar-refractivity contribution in [1.82, 2.24) is 0 Å². The molecule has 1 amide bonds. The van der Waals surface area contributed by atoms with Crippen LogP contribution in [0.3, 0.4) is 0 Å². The topological polar surface area (TPSA) is 94.2 Å².